The molecule has 8 nitrogen and oxygen atoms in total. The van der Waals surface area contributed by atoms with E-state index < -0.39 is 5.60 Å². The highest BCUT2D eigenvalue weighted by atomic mass is 16.6. The summed E-state index contributed by atoms with van der Waals surface area (Å²) < 4.78 is 4.80. The van der Waals surface area contributed by atoms with Gasteiger partial charge in [-0.3, -0.25) is 14.4 Å². The fourth-order valence-corrected chi connectivity index (χ4v) is 1.10. The number of rotatable bonds is 0. The molecular weight excluding hydrogens is 448 g/mol. The van der Waals surface area contributed by atoms with Crippen LogP contribution in [0.4, 0.5) is 0 Å². The van der Waals surface area contributed by atoms with Crippen LogP contribution in [0.25, 0.3) is 0 Å². The zero-order valence-electron chi connectivity index (χ0n) is 25.9. The third kappa shape index (κ3) is 88.9. The molecule has 0 aliphatic rings. The quantitative estimate of drug-likeness (QED) is 0.245. The van der Waals surface area contributed by atoms with Gasteiger partial charge >= 0.3 is 5.97 Å². The molecule has 8 heteroatoms. The number of aliphatic hydroxyl groups is 1. The summed E-state index contributed by atoms with van der Waals surface area (Å²) in [5.41, 5.74) is -1.29. The minimum Gasteiger partial charge on any atom is -0.460 e. The number of isocyanates is 1. The number of ether oxygens (including phenoxy) is 1. The minimum atomic E-state index is -0.500. The monoisotopic (exact) mass is 504 g/mol. The van der Waals surface area contributed by atoms with Crippen molar-refractivity contribution in [1.29, 1.82) is 0 Å². The molecule has 35 heavy (non-hydrogen) atoms. The van der Waals surface area contributed by atoms with Crippen LogP contribution >= 0.6 is 0 Å². The molecule has 0 heterocycles. The van der Waals surface area contributed by atoms with E-state index in [1.54, 1.807) is 27.7 Å². The zero-order chi connectivity index (χ0) is 30.1. The summed E-state index contributed by atoms with van der Waals surface area (Å²) in [6.07, 6.45) is 1.48. The highest BCUT2D eigenvalue weighted by Crippen LogP contribution is 2.12. The predicted molar refractivity (Wildman–Crippen MR) is 145 cm³/mol. The van der Waals surface area contributed by atoms with Crippen molar-refractivity contribution in [3.63, 3.8) is 0 Å². The second-order valence-electron chi connectivity index (χ2n) is 13.0. The molecule has 210 valence electrons. The van der Waals surface area contributed by atoms with Crippen LogP contribution in [0.3, 0.4) is 0 Å². The largest absolute Gasteiger partial charge is 0.460 e. The number of Topliss-reactive ketones (excluding diaryl/α,β-unsaturated/α-hetero) is 1. The molecule has 1 amide bonds. The average Bonchev–Trinajstić information content (AvgIpc) is 2.38. The first-order chi connectivity index (χ1) is 14.8. The Balaban J connectivity index is -0.000000108. The van der Waals surface area contributed by atoms with Crippen molar-refractivity contribution in [3.05, 3.63) is 0 Å². The van der Waals surface area contributed by atoms with Gasteiger partial charge in [-0.05, 0) is 90.0 Å². The molecule has 0 aliphatic carbocycles. The lowest BCUT2D eigenvalue weighted by atomic mass is 9.92. The normalized spacial score (nSPS) is 11.1. The van der Waals surface area contributed by atoms with E-state index in [9.17, 15) is 19.2 Å². The molecule has 0 saturated heterocycles. The number of carbonyl (C=O) groups excluding carboxylic acids is 4. The summed E-state index contributed by atoms with van der Waals surface area (Å²) in [7, 11) is 0. The Kier molecular flexibility index (Phi) is 22.5. The van der Waals surface area contributed by atoms with E-state index in [0.717, 1.165) is 0 Å². The van der Waals surface area contributed by atoms with Crippen molar-refractivity contribution < 1.29 is 29.0 Å². The Morgan fingerprint density at radius 2 is 1.03 bits per heavy atom. The first-order valence-corrected chi connectivity index (χ1v) is 11.6. The Morgan fingerprint density at radius 1 is 0.743 bits per heavy atom. The van der Waals surface area contributed by atoms with Crippen molar-refractivity contribution in [2.24, 2.45) is 10.4 Å². The van der Waals surface area contributed by atoms with Gasteiger partial charge in [0, 0.05) is 24.8 Å². The standard InChI is InChI=1S/C6H13NO.C6H12O2.C6H12O.C5H9NO.C4H10O/c1-5(8)7-6(2,3)4;1-5(7)8-6(2,3)4;1-5(7)6(2,3)4;1-5(2,3)6-4-7;1-4(2,3)5/h1-4H3,(H,7,8);1-4H3;1-4H3;1-3H3;5H,1-3H3. The van der Waals surface area contributed by atoms with Crippen LogP contribution in [-0.4, -0.2) is 51.1 Å². The molecule has 0 aromatic rings. The molecular formula is C27H56N2O6. The van der Waals surface area contributed by atoms with E-state index in [1.165, 1.54) is 19.9 Å². The molecule has 0 aromatic heterocycles. The average molecular weight is 505 g/mol. The second-order valence-corrected chi connectivity index (χ2v) is 13.0. The number of aliphatic imine (C=N–C) groups is 1. The smallest absolute Gasteiger partial charge is 0.303 e. The van der Waals surface area contributed by atoms with E-state index in [1.807, 2.05) is 83.1 Å². The van der Waals surface area contributed by atoms with Gasteiger partial charge in [0.05, 0.1) is 11.1 Å². The number of nitrogens with zero attached hydrogens (tertiary/aromatic N) is 1. The number of esters is 1. The number of hydrogen-bond donors (Lipinski definition) is 2. The van der Waals surface area contributed by atoms with Gasteiger partial charge in [-0.25, -0.2) is 9.79 Å². The molecule has 0 bridgehead atoms. The lowest BCUT2D eigenvalue weighted by Gasteiger charge is -2.18. The Labute approximate surface area is 215 Å². The third-order valence-corrected chi connectivity index (χ3v) is 2.44. The second kappa shape index (κ2) is 18.3. The molecule has 0 radical (unpaired) electrons. The van der Waals surface area contributed by atoms with E-state index in [-0.39, 0.29) is 39.8 Å². The topological polar surface area (TPSA) is 122 Å². The van der Waals surface area contributed by atoms with Gasteiger partial charge in [-0.1, -0.05) is 20.8 Å². The molecule has 0 saturated carbocycles. The summed E-state index contributed by atoms with van der Waals surface area (Å²) >= 11 is 0. The summed E-state index contributed by atoms with van der Waals surface area (Å²) in [4.78, 5) is 44.0. The van der Waals surface area contributed by atoms with Crippen molar-refractivity contribution in [2.45, 2.75) is 147 Å². The van der Waals surface area contributed by atoms with Gasteiger partial charge in [0.2, 0.25) is 12.0 Å². The van der Waals surface area contributed by atoms with Crippen LogP contribution in [0.2, 0.25) is 0 Å². The van der Waals surface area contributed by atoms with Gasteiger partial charge in [0.15, 0.2) is 0 Å². The van der Waals surface area contributed by atoms with Gasteiger partial charge in [-0.2, -0.15) is 0 Å². The molecule has 0 spiro atoms. The zero-order valence-corrected chi connectivity index (χ0v) is 25.9. The summed E-state index contributed by atoms with van der Waals surface area (Å²) in [5.74, 6) is 0.0440. The molecule has 0 rings (SSSR count). The van der Waals surface area contributed by atoms with Crippen LogP contribution in [-0.2, 0) is 23.9 Å². The molecule has 0 atom stereocenters. The number of carbonyl (C=O) groups is 3. The number of amides is 1. The fourth-order valence-electron chi connectivity index (χ4n) is 1.10. The van der Waals surface area contributed by atoms with Gasteiger partial charge < -0.3 is 15.2 Å². The maximum Gasteiger partial charge on any atom is 0.303 e. The van der Waals surface area contributed by atoms with Crippen molar-refractivity contribution in [1.82, 2.24) is 5.32 Å². The SMILES string of the molecule is CC(=O)C(C)(C)C.CC(=O)NC(C)(C)C.CC(=O)OC(C)(C)C.CC(C)(C)N=C=O.CC(C)(C)O. The molecule has 0 aromatic carbocycles. The van der Waals surface area contributed by atoms with Crippen molar-refractivity contribution in [2.75, 3.05) is 0 Å². The van der Waals surface area contributed by atoms with E-state index in [4.69, 9.17) is 9.84 Å². The first kappa shape index (κ1) is 43.1. The summed E-state index contributed by atoms with van der Waals surface area (Å²) in [6, 6.07) is 0. The van der Waals surface area contributed by atoms with E-state index in [0.29, 0.717) is 0 Å². The van der Waals surface area contributed by atoms with Crippen LogP contribution in [0.1, 0.15) is 125 Å². The highest BCUT2D eigenvalue weighted by Gasteiger charge is 2.14. The van der Waals surface area contributed by atoms with Crippen molar-refractivity contribution >= 4 is 23.7 Å². The lowest BCUT2D eigenvalue weighted by molar-refractivity contribution is -0.151. The van der Waals surface area contributed by atoms with Crippen LogP contribution < -0.4 is 5.32 Å². The number of ketones is 1. The van der Waals surface area contributed by atoms with E-state index >= 15 is 0 Å². The molecule has 0 unspecified atom stereocenters. The number of nitrogens with one attached hydrogen (secondary N) is 1. The van der Waals surface area contributed by atoms with Gasteiger partial charge in [0.25, 0.3) is 0 Å². The fraction of sp³-hybridized carbons (Fsp3) is 0.852. The Hall–Kier alpha value is -2.05. The highest BCUT2D eigenvalue weighted by molar-refractivity contribution is 5.80. The van der Waals surface area contributed by atoms with Crippen LogP contribution in [0.5, 0.6) is 0 Å². The Morgan fingerprint density at radius 3 is 1.03 bits per heavy atom. The number of hydrogen-bond acceptors (Lipinski definition) is 7. The van der Waals surface area contributed by atoms with E-state index in [2.05, 4.69) is 10.3 Å². The first-order valence-electron chi connectivity index (χ1n) is 11.6. The molecule has 0 fully saturated rings. The minimum absolute atomic E-state index is 0.0255. The van der Waals surface area contributed by atoms with Gasteiger partial charge in [0.1, 0.15) is 11.4 Å². The maximum absolute atomic E-state index is 10.5. The predicted octanol–water partition coefficient (Wildman–Crippen LogP) is 5.79. The van der Waals surface area contributed by atoms with Crippen LogP contribution in [0.15, 0.2) is 4.99 Å². The summed E-state index contributed by atoms with van der Waals surface area (Å²) in [5, 5.41) is 11.3. The lowest BCUT2D eigenvalue weighted by Crippen LogP contribution is -2.38. The maximum atomic E-state index is 10.5. The van der Waals surface area contributed by atoms with Gasteiger partial charge in [-0.15, -0.1) is 0 Å². The third-order valence-electron chi connectivity index (χ3n) is 2.44. The molecule has 2 N–H and O–H groups in total. The van der Waals surface area contributed by atoms with Crippen LogP contribution in [0, 0.1) is 5.41 Å². The Bertz CT molecular complexity index is 600. The summed E-state index contributed by atoms with van der Waals surface area (Å²) in [6.45, 7) is 32.4. The molecule has 0 aliphatic heterocycles. The van der Waals surface area contributed by atoms with Crippen molar-refractivity contribution in [3.8, 4) is 0 Å².